The molecule has 0 fully saturated rings. The zero-order chi connectivity index (χ0) is 8.55. The Balaban J connectivity index is 2.43. The fraction of sp³-hybridized carbons (Fsp3) is 0.444. The summed E-state index contributed by atoms with van der Waals surface area (Å²) in [6.07, 6.45) is 2.82. The molecule has 2 rings (SSSR count). The number of nitrogens with zero attached hydrogens (tertiary/aromatic N) is 2. The van der Waals surface area contributed by atoms with Crippen molar-refractivity contribution in [2.75, 3.05) is 19.3 Å². The van der Waals surface area contributed by atoms with Crippen LogP contribution in [0.1, 0.15) is 11.3 Å². The number of fused-ring (bicyclic) bond motifs is 1. The van der Waals surface area contributed by atoms with Gasteiger partial charge in [-0.3, -0.25) is 4.98 Å². The van der Waals surface area contributed by atoms with Gasteiger partial charge < -0.3 is 10.6 Å². The number of nitrogens with two attached hydrogens (primary N) is 1. The molecular formula is C9H13N3. The second kappa shape index (κ2) is 2.75. The predicted molar refractivity (Wildman–Crippen MR) is 48.7 cm³/mol. The molecule has 0 aromatic carbocycles. The number of nitrogen functional groups attached to an aromatic ring is 1. The molecule has 1 aliphatic heterocycles. The Kier molecular flexibility index (Phi) is 1.73. The third kappa shape index (κ3) is 1.16. The summed E-state index contributed by atoms with van der Waals surface area (Å²) >= 11 is 0. The van der Waals surface area contributed by atoms with E-state index in [1.54, 1.807) is 6.20 Å². The Bertz CT molecular complexity index is 296. The molecule has 0 bridgehead atoms. The van der Waals surface area contributed by atoms with Crippen molar-refractivity contribution >= 4 is 5.69 Å². The highest BCUT2D eigenvalue weighted by Crippen LogP contribution is 2.20. The van der Waals surface area contributed by atoms with Gasteiger partial charge in [-0.1, -0.05) is 0 Å². The van der Waals surface area contributed by atoms with Gasteiger partial charge in [0, 0.05) is 42.7 Å². The van der Waals surface area contributed by atoms with E-state index in [0.29, 0.717) is 0 Å². The molecule has 1 aromatic heterocycles. The highest BCUT2D eigenvalue weighted by molar-refractivity contribution is 5.48. The maximum atomic E-state index is 5.84. The van der Waals surface area contributed by atoms with Crippen molar-refractivity contribution in [2.45, 2.75) is 13.0 Å². The summed E-state index contributed by atoms with van der Waals surface area (Å²) in [4.78, 5) is 6.57. The number of likely N-dealkylation sites (N-methyl/N-ethyl adjacent to an activating group) is 1. The van der Waals surface area contributed by atoms with E-state index in [1.165, 1.54) is 11.3 Å². The largest absolute Gasteiger partial charge is 0.398 e. The topological polar surface area (TPSA) is 42.2 Å². The normalized spacial score (nSPS) is 17.4. The highest BCUT2D eigenvalue weighted by Gasteiger charge is 2.15. The maximum Gasteiger partial charge on any atom is 0.0481 e. The first kappa shape index (κ1) is 7.55. The minimum Gasteiger partial charge on any atom is -0.398 e. The first-order chi connectivity index (χ1) is 5.77. The average Bonchev–Trinajstić information content (AvgIpc) is 2.07. The third-order valence-corrected chi connectivity index (χ3v) is 2.34. The molecule has 3 nitrogen and oxygen atoms in total. The van der Waals surface area contributed by atoms with Gasteiger partial charge in [-0.15, -0.1) is 0 Å². The molecule has 1 aliphatic rings. The molecule has 0 saturated heterocycles. The molecule has 0 saturated carbocycles. The Labute approximate surface area is 72.2 Å². The summed E-state index contributed by atoms with van der Waals surface area (Å²) in [7, 11) is 2.11. The number of pyridine rings is 1. The SMILES string of the molecule is CN1CCc2nccc(N)c2C1. The van der Waals surface area contributed by atoms with Gasteiger partial charge in [-0.05, 0) is 13.1 Å². The quantitative estimate of drug-likeness (QED) is 0.610. The van der Waals surface area contributed by atoms with E-state index >= 15 is 0 Å². The Morgan fingerprint density at radius 1 is 1.58 bits per heavy atom. The standard InChI is InChI=1S/C9H13N3/c1-12-5-3-9-7(6-12)8(10)2-4-11-9/h2,4H,3,5-6H2,1H3,(H2,10,11). The molecule has 0 radical (unpaired) electrons. The summed E-state index contributed by atoms with van der Waals surface area (Å²) in [5.74, 6) is 0. The molecule has 64 valence electrons. The lowest BCUT2D eigenvalue weighted by atomic mass is 10.0. The van der Waals surface area contributed by atoms with Crippen molar-refractivity contribution in [1.29, 1.82) is 0 Å². The van der Waals surface area contributed by atoms with Gasteiger partial charge in [0.25, 0.3) is 0 Å². The van der Waals surface area contributed by atoms with Gasteiger partial charge in [0.05, 0.1) is 0 Å². The van der Waals surface area contributed by atoms with Crippen LogP contribution in [0.4, 0.5) is 5.69 Å². The minimum atomic E-state index is 0.881. The highest BCUT2D eigenvalue weighted by atomic mass is 15.1. The predicted octanol–water partition coefficient (Wildman–Crippen LogP) is 0.652. The van der Waals surface area contributed by atoms with Crippen molar-refractivity contribution in [3.8, 4) is 0 Å². The number of aromatic nitrogens is 1. The summed E-state index contributed by atoms with van der Waals surface area (Å²) in [5.41, 5.74) is 9.11. The lowest BCUT2D eigenvalue weighted by molar-refractivity contribution is 0.310. The molecule has 0 amide bonds. The van der Waals surface area contributed by atoms with E-state index in [-0.39, 0.29) is 0 Å². The van der Waals surface area contributed by atoms with Gasteiger partial charge >= 0.3 is 0 Å². The van der Waals surface area contributed by atoms with E-state index in [0.717, 1.165) is 25.2 Å². The molecule has 0 unspecified atom stereocenters. The van der Waals surface area contributed by atoms with E-state index in [2.05, 4.69) is 16.9 Å². The van der Waals surface area contributed by atoms with Crippen molar-refractivity contribution in [3.63, 3.8) is 0 Å². The number of rotatable bonds is 0. The Morgan fingerprint density at radius 3 is 3.25 bits per heavy atom. The monoisotopic (exact) mass is 163 g/mol. The smallest absolute Gasteiger partial charge is 0.0481 e. The molecule has 2 heterocycles. The van der Waals surface area contributed by atoms with Crippen LogP contribution in [-0.2, 0) is 13.0 Å². The van der Waals surface area contributed by atoms with E-state index < -0.39 is 0 Å². The second-order valence-corrected chi connectivity index (χ2v) is 3.31. The maximum absolute atomic E-state index is 5.84. The van der Waals surface area contributed by atoms with Crippen LogP contribution in [0.25, 0.3) is 0 Å². The first-order valence-corrected chi connectivity index (χ1v) is 4.18. The number of hydrogen-bond donors (Lipinski definition) is 1. The Hall–Kier alpha value is -1.09. The van der Waals surface area contributed by atoms with Crippen LogP contribution in [0.3, 0.4) is 0 Å². The van der Waals surface area contributed by atoms with E-state index in [4.69, 9.17) is 5.73 Å². The van der Waals surface area contributed by atoms with Gasteiger partial charge in [-0.2, -0.15) is 0 Å². The third-order valence-electron chi connectivity index (χ3n) is 2.34. The molecular weight excluding hydrogens is 150 g/mol. The van der Waals surface area contributed by atoms with Gasteiger partial charge in [-0.25, -0.2) is 0 Å². The molecule has 0 atom stereocenters. The molecule has 2 N–H and O–H groups in total. The van der Waals surface area contributed by atoms with Gasteiger partial charge in [0.15, 0.2) is 0 Å². The summed E-state index contributed by atoms with van der Waals surface area (Å²) in [5, 5.41) is 0. The lowest BCUT2D eigenvalue weighted by Gasteiger charge is -2.24. The fourth-order valence-electron chi connectivity index (χ4n) is 1.60. The van der Waals surface area contributed by atoms with E-state index in [9.17, 15) is 0 Å². The molecule has 0 spiro atoms. The molecule has 1 aromatic rings. The van der Waals surface area contributed by atoms with E-state index in [1.807, 2.05) is 6.07 Å². The van der Waals surface area contributed by atoms with Crippen molar-refractivity contribution < 1.29 is 0 Å². The van der Waals surface area contributed by atoms with Crippen LogP contribution in [0.5, 0.6) is 0 Å². The van der Waals surface area contributed by atoms with Crippen LogP contribution in [0.2, 0.25) is 0 Å². The average molecular weight is 163 g/mol. The van der Waals surface area contributed by atoms with Crippen LogP contribution >= 0.6 is 0 Å². The molecule has 3 heteroatoms. The van der Waals surface area contributed by atoms with Crippen LogP contribution < -0.4 is 5.73 Å². The van der Waals surface area contributed by atoms with Crippen LogP contribution in [0, 0.1) is 0 Å². The number of hydrogen-bond acceptors (Lipinski definition) is 3. The lowest BCUT2D eigenvalue weighted by Crippen LogP contribution is -2.27. The second-order valence-electron chi connectivity index (χ2n) is 3.31. The molecule has 12 heavy (non-hydrogen) atoms. The van der Waals surface area contributed by atoms with Crippen molar-refractivity contribution in [1.82, 2.24) is 9.88 Å². The summed E-state index contributed by atoms with van der Waals surface area (Å²) in [6, 6.07) is 1.87. The fourth-order valence-corrected chi connectivity index (χ4v) is 1.60. The Morgan fingerprint density at radius 2 is 2.42 bits per heavy atom. The van der Waals surface area contributed by atoms with Crippen molar-refractivity contribution in [2.24, 2.45) is 0 Å². The minimum absolute atomic E-state index is 0.881. The summed E-state index contributed by atoms with van der Waals surface area (Å²) < 4.78 is 0. The number of anilines is 1. The zero-order valence-corrected chi connectivity index (χ0v) is 7.25. The van der Waals surface area contributed by atoms with Crippen molar-refractivity contribution in [3.05, 3.63) is 23.5 Å². The molecule has 0 aliphatic carbocycles. The van der Waals surface area contributed by atoms with Gasteiger partial charge in [0.1, 0.15) is 0 Å². The van der Waals surface area contributed by atoms with Gasteiger partial charge in [0.2, 0.25) is 0 Å². The van der Waals surface area contributed by atoms with Crippen LogP contribution in [0.15, 0.2) is 12.3 Å². The van der Waals surface area contributed by atoms with Crippen LogP contribution in [-0.4, -0.2) is 23.5 Å². The zero-order valence-electron chi connectivity index (χ0n) is 7.25. The first-order valence-electron chi connectivity index (χ1n) is 4.18. The summed E-state index contributed by atoms with van der Waals surface area (Å²) in [6.45, 7) is 2.03.